The van der Waals surface area contributed by atoms with E-state index in [4.69, 9.17) is 0 Å². The van der Waals surface area contributed by atoms with Crippen LogP contribution in [-0.2, 0) is 0 Å². The number of para-hydroxylation sites is 2. The Bertz CT molecular complexity index is 832. The van der Waals surface area contributed by atoms with Crippen LogP contribution < -0.4 is 11.0 Å². The van der Waals surface area contributed by atoms with Gasteiger partial charge >= 0.3 is 5.69 Å². The molecule has 0 aliphatic carbocycles. The molecule has 0 atom stereocenters. The van der Waals surface area contributed by atoms with Gasteiger partial charge in [0.25, 0.3) is 5.91 Å². The molecule has 2 heterocycles. The summed E-state index contributed by atoms with van der Waals surface area (Å²) in [6.45, 7) is 0. The van der Waals surface area contributed by atoms with Gasteiger partial charge in [0.15, 0.2) is 5.82 Å². The zero-order chi connectivity index (χ0) is 14.1. The van der Waals surface area contributed by atoms with Gasteiger partial charge in [-0.05, 0) is 12.1 Å². The molecule has 7 heteroatoms. The Morgan fingerprint density at radius 2 is 2.05 bits per heavy atom. The van der Waals surface area contributed by atoms with Gasteiger partial charge in [0.05, 0.1) is 23.4 Å². The van der Waals surface area contributed by atoms with Crippen LogP contribution in [0.2, 0.25) is 0 Å². The van der Waals surface area contributed by atoms with Crippen molar-refractivity contribution in [1.82, 2.24) is 24.8 Å². The number of benzene rings is 1. The van der Waals surface area contributed by atoms with Gasteiger partial charge < -0.3 is 10.3 Å². The van der Waals surface area contributed by atoms with Crippen molar-refractivity contribution in [3.05, 3.63) is 52.8 Å². The summed E-state index contributed by atoms with van der Waals surface area (Å²) in [4.78, 5) is 34.2. The summed E-state index contributed by atoms with van der Waals surface area (Å²) in [5.41, 5.74) is 1.33. The quantitative estimate of drug-likeness (QED) is 0.707. The number of nitrogens with zero attached hydrogens (tertiary/aromatic N) is 3. The molecule has 2 N–H and O–H groups in total. The van der Waals surface area contributed by atoms with Crippen LogP contribution >= 0.6 is 0 Å². The van der Waals surface area contributed by atoms with Gasteiger partial charge in [-0.1, -0.05) is 12.1 Å². The maximum atomic E-state index is 12.0. The number of rotatable bonds is 2. The van der Waals surface area contributed by atoms with Crippen LogP contribution in [0.5, 0.6) is 0 Å². The molecule has 3 aromatic rings. The summed E-state index contributed by atoms with van der Waals surface area (Å²) < 4.78 is 1.41. The average molecular weight is 269 g/mol. The predicted molar refractivity (Wildman–Crippen MR) is 72.9 cm³/mol. The molecular formula is C13H11N5O2. The van der Waals surface area contributed by atoms with Gasteiger partial charge in [0.2, 0.25) is 0 Å². The van der Waals surface area contributed by atoms with E-state index in [1.165, 1.54) is 24.0 Å². The SMILES string of the molecule is CNC(=O)c1cnc(-n2c(=O)[nH]c3ccccc32)cn1. The van der Waals surface area contributed by atoms with Crippen LogP contribution in [0.1, 0.15) is 10.5 Å². The molecule has 0 fully saturated rings. The molecule has 2 aromatic heterocycles. The van der Waals surface area contributed by atoms with Crippen molar-refractivity contribution in [3.8, 4) is 5.82 Å². The summed E-state index contributed by atoms with van der Waals surface area (Å²) in [5.74, 6) is 0.0374. The van der Waals surface area contributed by atoms with Crippen molar-refractivity contribution in [2.45, 2.75) is 0 Å². The van der Waals surface area contributed by atoms with Gasteiger partial charge in [0, 0.05) is 7.05 Å². The lowest BCUT2D eigenvalue weighted by Gasteiger charge is -2.03. The minimum absolute atomic E-state index is 0.198. The van der Waals surface area contributed by atoms with E-state index in [-0.39, 0.29) is 17.3 Å². The van der Waals surface area contributed by atoms with Gasteiger partial charge in [-0.3, -0.25) is 4.79 Å². The lowest BCUT2D eigenvalue weighted by atomic mass is 10.3. The standard InChI is InChI=1S/C13H11N5O2/c1-14-12(19)9-6-16-11(7-15-9)18-10-5-3-2-4-8(10)17-13(18)20/h2-7H,1H3,(H,14,19)(H,17,20). The van der Waals surface area contributed by atoms with E-state index >= 15 is 0 Å². The zero-order valence-electron chi connectivity index (χ0n) is 10.6. The van der Waals surface area contributed by atoms with Crippen LogP contribution in [-0.4, -0.2) is 32.5 Å². The number of hydrogen-bond donors (Lipinski definition) is 2. The topological polar surface area (TPSA) is 92.7 Å². The zero-order valence-corrected chi connectivity index (χ0v) is 10.6. The molecule has 100 valence electrons. The van der Waals surface area contributed by atoms with Gasteiger partial charge in [-0.25, -0.2) is 19.3 Å². The third-order valence-electron chi connectivity index (χ3n) is 2.92. The van der Waals surface area contributed by atoms with Crippen LogP contribution in [0.25, 0.3) is 16.9 Å². The number of nitrogens with one attached hydrogen (secondary N) is 2. The molecule has 1 amide bonds. The highest BCUT2D eigenvalue weighted by Gasteiger charge is 2.11. The third kappa shape index (κ3) is 1.85. The second-order valence-corrected chi connectivity index (χ2v) is 4.12. The summed E-state index contributed by atoms with van der Waals surface area (Å²) in [6.07, 6.45) is 2.73. The second kappa shape index (κ2) is 4.61. The fourth-order valence-electron chi connectivity index (χ4n) is 1.96. The van der Waals surface area contributed by atoms with Crippen LogP contribution in [0.4, 0.5) is 0 Å². The van der Waals surface area contributed by atoms with Crippen LogP contribution in [0.3, 0.4) is 0 Å². The van der Waals surface area contributed by atoms with Crippen molar-refractivity contribution in [1.29, 1.82) is 0 Å². The first-order chi connectivity index (χ1) is 9.70. The van der Waals surface area contributed by atoms with E-state index in [2.05, 4.69) is 20.3 Å². The minimum atomic E-state index is -0.324. The Morgan fingerprint density at radius 3 is 2.75 bits per heavy atom. The predicted octanol–water partition coefficient (Wildman–Crippen LogP) is 0.468. The number of fused-ring (bicyclic) bond motifs is 1. The van der Waals surface area contributed by atoms with Crippen molar-refractivity contribution in [3.63, 3.8) is 0 Å². The highest BCUT2D eigenvalue weighted by atomic mass is 16.2. The first kappa shape index (κ1) is 12.1. The Kier molecular flexibility index (Phi) is 2.79. The molecule has 0 radical (unpaired) electrons. The maximum absolute atomic E-state index is 12.0. The Hall–Kier alpha value is -2.96. The van der Waals surface area contributed by atoms with E-state index in [0.29, 0.717) is 11.3 Å². The van der Waals surface area contributed by atoms with E-state index in [1.807, 2.05) is 18.2 Å². The van der Waals surface area contributed by atoms with Gasteiger partial charge in [-0.2, -0.15) is 0 Å². The molecule has 1 aromatic carbocycles. The van der Waals surface area contributed by atoms with Crippen LogP contribution in [0, 0.1) is 0 Å². The normalized spacial score (nSPS) is 10.7. The number of carbonyl (C=O) groups excluding carboxylic acids is 1. The fourth-order valence-corrected chi connectivity index (χ4v) is 1.96. The highest BCUT2D eigenvalue weighted by Crippen LogP contribution is 2.12. The third-order valence-corrected chi connectivity index (χ3v) is 2.92. The van der Waals surface area contributed by atoms with E-state index < -0.39 is 0 Å². The smallest absolute Gasteiger partial charge is 0.332 e. The van der Waals surface area contributed by atoms with E-state index in [1.54, 1.807) is 6.07 Å². The Morgan fingerprint density at radius 1 is 1.25 bits per heavy atom. The van der Waals surface area contributed by atoms with Crippen LogP contribution in [0.15, 0.2) is 41.5 Å². The summed E-state index contributed by atoms with van der Waals surface area (Å²) >= 11 is 0. The molecule has 0 spiro atoms. The van der Waals surface area contributed by atoms with Crippen molar-refractivity contribution in [2.75, 3.05) is 7.05 Å². The van der Waals surface area contributed by atoms with Gasteiger partial charge in [0.1, 0.15) is 5.69 Å². The molecule has 0 bridgehead atoms. The summed E-state index contributed by atoms with van der Waals surface area (Å²) in [7, 11) is 1.52. The second-order valence-electron chi connectivity index (χ2n) is 4.12. The Balaban J connectivity index is 2.14. The molecular weight excluding hydrogens is 258 g/mol. The monoisotopic (exact) mass is 269 g/mol. The molecule has 7 nitrogen and oxygen atoms in total. The number of aromatic nitrogens is 4. The Labute approximate surface area is 113 Å². The molecule has 0 saturated heterocycles. The average Bonchev–Trinajstić information content (AvgIpc) is 2.82. The molecule has 0 saturated carbocycles. The maximum Gasteiger partial charge on any atom is 0.332 e. The van der Waals surface area contributed by atoms with Gasteiger partial charge in [-0.15, -0.1) is 0 Å². The number of imidazole rings is 1. The van der Waals surface area contributed by atoms with Crippen molar-refractivity contribution >= 4 is 16.9 Å². The summed E-state index contributed by atoms with van der Waals surface area (Å²) in [5, 5.41) is 2.46. The van der Waals surface area contributed by atoms with Crippen molar-refractivity contribution in [2.24, 2.45) is 0 Å². The summed E-state index contributed by atoms with van der Waals surface area (Å²) in [6, 6.07) is 7.28. The van der Waals surface area contributed by atoms with E-state index in [9.17, 15) is 9.59 Å². The lowest BCUT2D eigenvalue weighted by Crippen LogP contribution is -2.21. The minimum Gasteiger partial charge on any atom is -0.354 e. The van der Waals surface area contributed by atoms with Crippen molar-refractivity contribution < 1.29 is 4.79 Å². The number of hydrogen-bond acceptors (Lipinski definition) is 4. The number of H-pyrrole nitrogens is 1. The molecule has 3 rings (SSSR count). The molecule has 20 heavy (non-hydrogen) atoms. The first-order valence-electron chi connectivity index (χ1n) is 5.95. The lowest BCUT2D eigenvalue weighted by molar-refractivity contribution is 0.0958. The first-order valence-corrected chi connectivity index (χ1v) is 5.95. The number of amides is 1. The largest absolute Gasteiger partial charge is 0.354 e. The number of carbonyl (C=O) groups is 1. The molecule has 0 aliphatic heterocycles. The fraction of sp³-hybridized carbons (Fsp3) is 0.0769. The highest BCUT2D eigenvalue weighted by molar-refractivity contribution is 5.91. The van der Waals surface area contributed by atoms with E-state index in [0.717, 1.165) is 5.52 Å². The number of aromatic amines is 1. The molecule has 0 aliphatic rings. The molecule has 0 unspecified atom stereocenters.